The molecule has 0 saturated heterocycles. The predicted molar refractivity (Wildman–Crippen MR) is 92.8 cm³/mol. The van der Waals surface area contributed by atoms with Gasteiger partial charge in [-0.05, 0) is 49.2 Å². The van der Waals surface area contributed by atoms with Crippen LogP contribution in [-0.2, 0) is 0 Å². The van der Waals surface area contributed by atoms with Crippen LogP contribution in [0.1, 0.15) is 37.1 Å². The van der Waals surface area contributed by atoms with Gasteiger partial charge in [0.25, 0.3) is 0 Å². The number of rotatable bonds is 5. The molecule has 0 radical (unpaired) electrons. The zero-order chi connectivity index (χ0) is 15.4. The molecule has 0 aromatic heterocycles. The van der Waals surface area contributed by atoms with Gasteiger partial charge < -0.3 is 15.6 Å². The van der Waals surface area contributed by atoms with Crippen LogP contribution in [0.3, 0.4) is 0 Å². The van der Waals surface area contributed by atoms with Gasteiger partial charge in [0.2, 0.25) is 0 Å². The molecule has 0 aliphatic rings. The lowest BCUT2D eigenvalue weighted by Crippen LogP contribution is -2.19. The number of aliphatic hydroxyl groups is 1. The van der Waals surface area contributed by atoms with Crippen molar-refractivity contribution in [2.24, 2.45) is 5.73 Å². The van der Waals surface area contributed by atoms with Crippen molar-refractivity contribution in [3.8, 4) is 5.75 Å². The molecule has 2 atom stereocenters. The molecule has 3 N–H and O–H groups in total. The predicted octanol–water partition coefficient (Wildman–Crippen LogP) is 4.28. The van der Waals surface area contributed by atoms with E-state index < -0.39 is 12.1 Å². The number of hydrogen-bond acceptors (Lipinski definition) is 3. The first-order valence-corrected chi connectivity index (χ1v) is 7.31. The van der Waals surface area contributed by atoms with Gasteiger partial charge in [-0.15, -0.1) is 12.4 Å². The molecule has 3 nitrogen and oxygen atoms in total. The number of ether oxygens (including phenoxy) is 1. The minimum absolute atomic E-state index is 0. The van der Waals surface area contributed by atoms with Crippen molar-refractivity contribution in [3.05, 3.63) is 64.7 Å². The highest BCUT2D eigenvalue weighted by atomic mass is 35.5. The van der Waals surface area contributed by atoms with Gasteiger partial charge in [0, 0.05) is 5.02 Å². The molecule has 0 bridgehead atoms. The van der Waals surface area contributed by atoms with Gasteiger partial charge in [-0.1, -0.05) is 35.9 Å². The SMILES string of the molecule is CC(C)Oc1ccc([C@@H](O)[C@@H](N)c2ccc(Cl)cc2)cc1.Cl. The molecule has 0 spiro atoms. The maximum atomic E-state index is 10.4. The Morgan fingerprint density at radius 2 is 1.45 bits per heavy atom. The monoisotopic (exact) mass is 341 g/mol. The first kappa shape index (κ1) is 18.8. The van der Waals surface area contributed by atoms with E-state index in [1.807, 2.05) is 50.2 Å². The molecule has 0 aliphatic carbocycles. The molecule has 0 fully saturated rings. The molecule has 0 aliphatic heterocycles. The summed E-state index contributed by atoms with van der Waals surface area (Å²) >= 11 is 5.85. The van der Waals surface area contributed by atoms with E-state index in [9.17, 15) is 5.11 Å². The van der Waals surface area contributed by atoms with Crippen LogP contribution in [0.2, 0.25) is 5.02 Å². The van der Waals surface area contributed by atoms with E-state index in [0.717, 1.165) is 16.9 Å². The molecule has 2 rings (SSSR count). The van der Waals surface area contributed by atoms with Crippen LogP contribution >= 0.6 is 24.0 Å². The topological polar surface area (TPSA) is 55.5 Å². The first-order valence-electron chi connectivity index (χ1n) is 6.93. The molecule has 0 saturated carbocycles. The van der Waals surface area contributed by atoms with Crippen LogP contribution in [0.5, 0.6) is 5.75 Å². The maximum absolute atomic E-state index is 10.4. The van der Waals surface area contributed by atoms with Crippen LogP contribution < -0.4 is 10.5 Å². The lowest BCUT2D eigenvalue weighted by Gasteiger charge is -2.20. The standard InChI is InChI=1S/C17H20ClNO2.ClH/c1-11(2)21-15-9-5-13(6-10-15)17(20)16(19)12-3-7-14(18)8-4-12;/h3-11,16-17,20H,19H2,1-2H3;1H/t16-,17+;/m0./s1. The maximum Gasteiger partial charge on any atom is 0.119 e. The van der Waals surface area contributed by atoms with Gasteiger partial charge >= 0.3 is 0 Å². The smallest absolute Gasteiger partial charge is 0.119 e. The summed E-state index contributed by atoms with van der Waals surface area (Å²) in [5, 5.41) is 11.0. The molecular weight excluding hydrogens is 321 g/mol. The fourth-order valence-corrected chi connectivity index (χ4v) is 2.22. The van der Waals surface area contributed by atoms with Crippen molar-refractivity contribution in [1.82, 2.24) is 0 Å². The molecular formula is C17H21Cl2NO2. The Bertz CT molecular complexity index is 570. The van der Waals surface area contributed by atoms with E-state index >= 15 is 0 Å². The first-order chi connectivity index (χ1) is 9.97. The zero-order valence-corrected chi connectivity index (χ0v) is 14.1. The quantitative estimate of drug-likeness (QED) is 0.853. The molecule has 0 heterocycles. The number of nitrogens with two attached hydrogens (primary N) is 1. The van der Waals surface area contributed by atoms with Crippen molar-refractivity contribution in [1.29, 1.82) is 0 Å². The second-order valence-corrected chi connectivity index (χ2v) is 5.69. The fraction of sp³-hybridized carbons (Fsp3) is 0.294. The van der Waals surface area contributed by atoms with Crippen LogP contribution in [0.4, 0.5) is 0 Å². The van der Waals surface area contributed by atoms with E-state index in [4.69, 9.17) is 22.1 Å². The van der Waals surface area contributed by atoms with Gasteiger partial charge in [0.15, 0.2) is 0 Å². The van der Waals surface area contributed by atoms with E-state index in [0.29, 0.717) is 5.02 Å². The van der Waals surface area contributed by atoms with E-state index in [-0.39, 0.29) is 18.5 Å². The van der Waals surface area contributed by atoms with E-state index in [2.05, 4.69) is 0 Å². The highest BCUT2D eigenvalue weighted by Gasteiger charge is 2.18. The molecule has 0 amide bonds. The van der Waals surface area contributed by atoms with Crippen molar-refractivity contribution in [2.75, 3.05) is 0 Å². The summed E-state index contributed by atoms with van der Waals surface area (Å²) in [4.78, 5) is 0. The van der Waals surface area contributed by atoms with Crippen LogP contribution in [0, 0.1) is 0 Å². The van der Waals surface area contributed by atoms with Gasteiger partial charge in [-0.2, -0.15) is 0 Å². The number of halogens is 2. The van der Waals surface area contributed by atoms with Crippen molar-refractivity contribution >= 4 is 24.0 Å². The summed E-state index contributed by atoms with van der Waals surface area (Å²) < 4.78 is 5.58. The van der Waals surface area contributed by atoms with E-state index in [1.54, 1.807) is 12.1 Å². The Balaban J connectivity index is 0.00000242. The summed E-state index contributed by atoms with van der Waals surface area (Å²) in [5.41, 5.74) is 7.72. The number of benzene rings is 2. The Labute approximate surface area is 142 Å². The van der Waals surface area contributed by atoms with Crippen LogP contribution in [-0.4, -0.2) is 11.2 Å². The molecule has 5 heteroatoms. The molecule has 2 aromatic rings. The van der Waals surface area contributed by atoms with Crippen molar-refractivity contribution < 1.29 is 9.84 Å². The summed E-state index contributed by atoms with van der Waals surface area (Å²) in [6.07, 6.45) is -0.656. The normalized spacial score (nSPS) is 13.4. The van der Waals surface area contributed by atoms with Gasteiger partial charge in [-0.3, -0.25) is 0 Å². The van der Waals surface area contributed by atoms with E-state index in [1.165, 1.54) is 0 Å². The number of hydrogen-bond donors (Lipinski definition) is 2. The number of aliphatic hydroxyl groups excluding tert-OH is 1. The van der Waals surface area contributed by atoms with Gasteiger partial charge in [0.05, 0.1) is 18.2 Å². The van der Waals surface area contributed by atoms with Crippen LogP contribution in [0.25, 0.3) is 0 Å². The Morgan fingerprint density at radius 1 is 0.955 bits per heavy atom. The molecule has 2 aromatic carbocycles. The summed E-state index contributed by atoms with van der Waals surface area (Å²) in [6.45, 7) is 3.94. The van der Waals surface area contributed by atoms with Crippen molar-refractivity contribution in [3.63, 3.8) is 0 Å². The average Bonchev–Trinajstić information content (AvgIpc) is 2.47. The lowest BCUT2D eigenvalue weighted by molar-refractivity contribution is 0.147. The Kier molecular flexibility index (Phi) is 7.17. The minimum atomic E-state index is -0.778. The largest absolute Gasteiger partial charge is 0.491 e. The van der Waals surface area contributed by atoms with Gasteiger partial charge in [0.1, 0.15) is 5.75 Å². The second-order valence-electron chi connectivity index (χ2n) is 5.26. The average molecular weight is 342 g/mol. The third kappa shape index (κ3) is 4.89. The van der Waals surface area contributed by atoms with Crippen LogP contribution in [0.15, 0.2) is 48.5 Å². The van der Waals surface area contributed by atoms with Crippen molar-refractivity contribution in [2.45, 2.75) is 32.1 Å². The summed E-state index contributed by atoms with van der Waals surface area (Å²) in [5.74, 6) is 0.779. The molecule has 120 valence electrons. The third-order valence-electron chi connectivity index (χ3n) is 3.19. The Hall–Kier alpha value is -1.26. The van der Waals surface area contributed by atoms with Gasteiger partial charge in [-0.25, -0.2) is 0 Å². The minimum Gasteiger partial charge on any atom is -0.491 e. The molecule has 0 unspecified atom stereocenters. The highest BCUT2D eigenvalue weighted by Crippen LogP contribution is 2.28. The zero-order valence-electron chi connectivity index (χ0n) is 12.6. The Morgan fingerprint density at radius 3 is 1.95 bits per heavy atom. The summed E-state index contributed by atoms with van der Waals surface area (Å²) in [7, 11) is 0. The fourth-order valence-electron chi connectivity index (χ4n) is 2.09. The lowest BCUT2D eigenvalue weighted by atomic mass is 9.96. The highest BCUT2D eigenvalue weighted by molar-refractivity contribution is 6.30. The summed E-state index contributed by atoms with van der Waals surface area (Å²) in [6, 6.07) is 14.0. The molecule has 22 heavy (non-hydrogen) atoms. The second kappa shape index (κ2) is 8.39. The third-order valence-corrected chi connectivity index (χ3v) is 3.44.